The van der Waals surface area contributed by atoms with E-state index in [4.69, 9.17) is 4.74 Å². The van der Waals surface area contributed by atoms with Crippen LogP contribution in [0, 0.1) is 0 Å². The molecular formula is C18H18O2. The van der Waals surface area contributed by atoms with Crippen molar-refractivity contribution in [2.75, 3.05) is 6.61 Å². The van der Waals surface area contributed by atoms with E-state index in [1.165, 1.54) is 22.8 Å². The van der Waals surface area contributed by atoms with Crippen LogP contribution in [-0.2, 0) is 16.0 Å². The number of benzene rings is 2. The summed E-state index contributed by atoms with van der Waals surface area (Å²) in [7, 11) is 0. The average Bonchev–Trinajstić information content (AvgIpc) is 2.52. The maximum absolute atomic E-state index is 10.9. The Bertz CT molecular complexity index is 556. The van der Waals surface area contributed by atoms with Gasteiger partial charge in [-0.25, -0.2) is 4.79 Å². The van der Waals surface area contributed by atoms with Crippen LogP contribution >= 0.6 is 0 Å². The van der Waals surface area contributed by atoms with Gasteiger partial charge in [0.2, 0.25) is 0 Å². The highest BCUT2D eigenvalue weighted by atomic mass is 16.5. The standard InChI is InChI=1S/C18H18O2/c1-2-18(19)20-14-6-7-15-10-12-17(13-11-15)16-8-4-3-5-9-16/h2-5,8-13H,1,6-7,14H2. The Hall–Kier alpha value is -2.35. The maximum atomic E-state index is 10.9. The third kappa shape index (κ3) is 4.09. The molecule has 2 aromatic carbocycles. The molecule has 0 radical (unpaired) electrons. The van der Waals surface area contributed by atoms with E-state index in [0.717, 1.165) is 12.8 Å². The third-order valence-corrected chi connectivity index (χ3v) is 3.08. The lowest BCUT2D eigenvalue weighted by molar-refractivity contribution is -0.137. The van der Waals surface area contributed by atoms with Gasteiger partial charge in [0.05, 0.1) is 6.61 Å². The topological polar surface area (TPSA) is 26.3 Å². The quantitative estimate of drug-likeness (QED) is 0.448. The summed E-state index contributed by atoms with van der Waals surface area (Å²) in [5, 5.41) is 0. The Balaban J connectivity index is 1.86. The van der Waals surface area contributed by atoms with Crippen LogP contribution in [0.1, 0.15) is 12.0 Å². The Labute approximate surface area is 119 Å². The highest BCUT2D eigenvalue weighted by Gasteiger charge is 1.99. The van der Waals surface area contributed by atoms with Crippen molar-refractivity contribution in [2.24, 2.45) is 0 Å². The van der Waals surface area contributed by atoms with Crippen LogP contribution in [0.5, 0.6) is 0 Å². The number of rotatable bonds is 6. The van der Waals surface area contributed by atoms with Crippen molar-refractivity contribution in [1.29, 1.82) is 0 Å². The number of carbonyl (C=O) groups excluding carboxylic acids is 1. The molecule has 0 saturated carbocycles. The highest BCUT2D eigenvalue weighted by molar-refractivity contribution is 5.81. The first-order chi connectivity index (χ1) is 9.79. The zero-order valence-electron chi connectivity index (χ0n) is 11.4. The van der Waals surface area contributed by atoms with Gasteiger partial charge in [-0.2, -0.15) is 0 Å². The van der Waals surface area contributed by atoms with Crippen LogP contribution in [0.2, 0.25) is 0 Å². The van der Waals surface area contributed by atoms with Gasteiger partial charge in [0, 0.05) is 6.08 Å². The van der Waals surface area contributed by atoms with Gasteiger partial charge in [-0.15, -0.1) is 0 Å². The molecule has 0 spiro atoms. The summed E-state index contributed by atoms with van der Waals surface area (Å²) in [4.78, 5) is 10.9. The van der Waals surface area contributed by atoms with Gasteiger partial charge in [0.15, 0.2) is 0 Å². The smallest absolute Gasteiger partial charge is 0.330 e. The molecule has 0 aliphatic carbocycles. The predicted octanol–water partition coefficient (Wildman–Crippen LogP) is 4.02. The second-order valence-corrected chi connectivity index (χ2v) is 4.54. The van der Waals surface area contributed by atoms with Crippen LogP contribution < -0.4 is 0 Å². The lowest BCUT2D eigenvalue weighted by Crippen LogP contribution is -2.02. The molecule has 0 aliphatic rings. The molecule has 0 heterocycles. The van der Waals surface area contributed by atoms with Crippen LogP contribution in [0.25, 0.3) is 11.1 Å². The summed E-state index contributed by atoms with van der Waals surface area (Å²) in [5.74, 6) is -0.357. The lowest BCUT2D eigenvalue weighted by atomic mass is 10.0. The van der Waals surface area contributed by atoms with Crippen molar-refractivity contribution in [3.8, 4) is 11.1 Å². The fraction of sp³-hybridized carbons (Fsp3) is 0.167. The minimum Gasteiger partial charge on any atom is -0.463 e. The molecule has 102 valence electrons. The normalized spacial score (nSPS) is 10.0. The van der Waals surface area contributed by atoms with Crippen LogP contribution in [0.3, 0.4) is 0 Å². The predicted molar refractivity (Wildman–Crippen MR) is 81.4 cm³/mol. The fourth-order valence-corrected chi connectivity index (χ4v) is 2.00. The molecule has 0 bridgehead atoms. The van der Waals surface area contributed by atoms with E-state index < -0.39 is 0 Å². The minimum atomic E-state index is -0.357. The summed E-state index contributed by atoms with van der Waals surface area (Å²) in [6, 6.07) is 18.8. The molecule has 0 N–H and O–H groups in total. The van der Waals surface area contributed by atoms with E-state index in [1.807, 2.05) is 18.2 Å². The molecular weight excluding hydrogens is 248 g/mol. The molecule has 0 aromatic heterocycles. The molecule has 20 heavy (non-hydrogen) atoms. The molecule has 0 unspecified atom stereocenters. The van der Waals surface area contributed by atoms with Gasteiger partial charge in [-0.05, 0) is 29.5 Å². The van der Waals surface area contributed by atoms with Gasteiger partial charge in [-0.3, -0.25) is 0 Å². The molecule has 0 saturated heterocycles. The van der Waals surface area contributed by atoms with Gasteiger partial charge in [0.1, 0.15) is 0 Å². The molecule has 2 nitrogen and oxygen atoms in total. The van der Waals surface area contributed by atoms with Crippen LogP contribution in [0.4, 0.5) is 0 Å². The molecule has 2 rings (SSSR count). The van der Waals surface area contributed by atoms with E-state index in [2.05, 4.69) is 43.0 Å². The van der Waals surface area contributed by atoms with Gasteiger partial charge in [-0.1, -0.05) is 61.2 Å². The number of hydrogen-bond acceptors (Lipinski definition) is 2. The second kappa shape index (κ2) is 7.29. The Morgan fingerprint density at radius 2 is 1.65 bits per heavy atom. The maximum Gasteiger partial charge on any atom is 0.330 e. The first-order valence-corrected chi connectivity index (χ1v) is 6.73. The highest BCUT2D eigenvalue weighted by Crippen LogP contribution is 2.19. The Kier molecular flexibility index (Phi) is 5.13. The van der Waals surface area contributed by atoms with Crippen molar-refractivity contribution in [3.63, 3.8) is 0 Å². The van der Waals surface area contributed by atoms with E-state index in [0.29, 0.717) is 6.61 Å². The molecule has 0 atom stereocenters. The van der Waals surface area contributed by atoms with E-state index >= 15 is 0 Å². The number of aryl methyl sites for hydroxylation is 1. The lowest BCUT2D eigenvalue weighted by Gasteiger charge is -2.05. The fourth-order valence-electron chi connectivity index (χ4n) is 2.00. The summed E-state index contributed by atoms with van der Waals surface area (Å²) >= 11 is 0. The molecule has 0 aliphatic heterocycles. The molecule has 0 fully saturated rings. The monoisotopic (exact) mass is 266 g/mol. The van der Waals surface area contributed by atoms with Crippen molar-refractivity contribution < 1.29 is 9.53 Å². The minimum absolute atomic E-state index is 0.357. The first-order valence-electron chi connectivity index (χ1n) is 6.73. The van der Waals surface area contributed by atoms with Crippen molar-refractivity contribution in [1.82, 2.24) is 0 Å². The second-order valence-electron chi connectivity index (χ2n) is 4.54. The third-order valence-electron chi connectivity index (χ3n) is 3.08. The van der Waals surface area contributed by atoms with Gasteiger partial charge < -0.3 is 4.74 Å². The van der Waals surface area contributed by atoms with Gasteiger partial charge >= 0.3 is 5.97 Å². The zero-order chi connectivity index (χ0) is 14.2. The SMILES string of the molecule is C=CC(=O)OCCCc1ccc(-c2ccccc2)cc1. The van der Waals surface area contributed by atoms with E-state index in [1.54, 1.807) is 0 Å². The van der Waals surface area contributed by atoms with Crippen molar-refractivity contribution in [2.45, 2.75) is 12.8 Å². The largest absolute Gasteiger partial charge is 0.463 e. The number of ether oxygens (including phenoxy) is 1. The van der Waals surface area contributed by atoms with Crippen molar-refractivity contribution in [3.05, 3.63) is 72.8 Å². The van der Waals surface area contributed by atoms with Crippen LogP contribution in [0.15, 0.2) is 67.3 Å². The number of carbonyl (C=O) groups is 1. The summed E-state index contributed by atoms with van der Waals surface area (Å²) in [6.45, 7) is 3.80. The summed E-state index contributed by atoms with van der Waals surface area (Å²) < 4.78 is 4.95. The molecule has 2 heteroatoms. The van der Waals surface area contributed by atoms with Crippen molar-refractivity contribution >= 4 is 5.97 Å². The summed E-state index contributed by atoms with van der Waals surface area (Å²) in [5.41, 5.74) is 3.69. The average molecular weight is 266 g/mol. The van der Waals surface area contributed by atoms with E-state index in [-0.39, 0.29) is 5.97 Å². The molecule has 0 amide bonds. The first kappa shape index (κ1) is 14.1. The van der Waals surface area contributed by atoms with Crippen LogP contribution in [-0.4, -0.2) is 12.6 Å². The number of esters is 1. The zero-order valence-corrected chi connectivity index (χ0v) is 11.4. The van der Waals surface area contributed by atoms with E-state index in [9.17, 15) is 4.79 Å². The van der Waals surface area contributed by atoms with Gasteiger partial charge in [0.25, 0.3) is 0 Å². The Morgan fingerprint density at radius 3 is 2.30 bits per heavy atom. The number of hydrogen-bond donors (Lipinski definition) is 0. The summed E-state index contributed by atoms with van der Waals surface area (Å²) in [6.07, 6.45) is 2.92. The molecule has 2 aromatic rings. The Morgan fingerprint density at radius 1 is 1.00 bits per heavy atom.